The lowest BCUT2D eigenvalue weighted by Gasteiger charge is -2.38. The molecule has 3 fully saturated rings. The van der Waals surface area contributed by atoms with Crippen LogP contribution in [0.5, 0.6) is 0 Å². The first-order chi connectivity index (χ1) is 33.3. The van der Waals surface area contributed by atoms with Crippen LogP contribution >= 0.6 is 0 Å². The van der Waals surface area contributed by atoms with E-state index in [1.165, 1.54) is 56.6 Å². The van der Waals surface area contributed by atoms with Gasteiger partial charge in [0.05, 0.1) is 49.1 Å². The number of rotatable bonds is 10. The average molecular weight is 937 g/mol. The molecule has 3 atom stereocenters. The summed E-state index contributed by atoms with van der Waals surface area (Å²) >= 11 is 0. The molecular formula is C54H64N8O7. The highest BCUT2D eigenvalue weighted by atomic mass is 16.5. The van der Waals surface area contributed by atoms with Crippen LogP contribution in [-0.2, 0) is 31.9 Å². The number of hydrogen-bond donors (Lipinski definition) is 3. The quantitative estimate of drug-likeness (QED) is 0.114. The van der Waals surface area contributed by atoms with Crippen molar-refractivity contribution in [3.63, 3.8) is 0 Å². The second kappa shape index (κ2) is 19.8. The number of methoxy groups -OCH3 is 2. The normalized spacial score (nSPS) is 19.6. The SMILES string of the molecule is COC(=O)/N=C(/C(=O)N1CCCC[C@H]1c1ncc(-c2ccc(-c3ccc(-c4ccc5nc([C@@H]6CCCCN6C(=O)[C@@H](NC(=O)OC)C(C)C)[nH]c(=O)c5c4)c4c3CC3(CCCC3)C4)cc2)[nH]1)C(C)C. The van der Waals surface area contributed by atoms with Crippen molar-refractivity contribution >= 4 is 40.6 Å². The van der Waals surface area contributed by atoms with Gasteiger partial charge in [-0.25, -0.2) is 19.6 Å². The Morgan fingerprint density at radius 2 is 1.38 bits per heavy atom. The number of aliphatic imine (C=N–C) groups is 1. The Bertz CT molecular complexity index is 2860. The van der Waals surface area contributed by atoms with Gasteiger partial charge in [-0.2, -0.15) is 4.99 Å². The molecule has 2 aromatic heterocycles. The number of nitrogens with zero attached hydrogens (tertiary/aromatic N) is 5. The van der Waals surface area contributed by atoms with E-state index in [1.807, 2.05) is 46.0 Å². The number of aromatic amines is 2. The fourth-order valence-electron chi connectivity index (χ4n) is 11.4. The largest absolute Gasteiger partial charge is 0.453 e. The summed E-state index contributed by atoms with van der Waals surface area (Å²) < 4.78 is 9.57. The van der Waals surface area contributed by atoms with Gasteiger partial charge in [-0.15, -0.1) is 0 Å². The van der Waals surface area contributed by atoms with Gasteiger partial charge in [0.15, 0.2) is 0 Å². The van der Waals surface area contributed by atoms with Crippen LogP contribution in [0.25, 0.3) is 44.4 Å². The van der Waals surface area contributed by atoms with E-state index in [0.29, 0.717) is 42.1 Å². The molecule has 15 heteroatoms. The van der Waals surface area contributed by atoms with Crippen LogP contribution in [0.15, 0.2) is 70.6 Å². The van der Waals surface area contributed by atoms with Crippen LogP contribution < -0.4 is 10.9 Å². The Hall–Kier alpha value is -6.64. The maximum atomic E-state index is 14.0. The molecule has 3 aromatic carbocycles. The Morgan fingerprint density at radius 1 is 0.754 bits per heavy atom. The number of hydrogen-bond acceptors (Lipinski definition) is 9. The van der Waals surface area contributed by atoms with Crippen molar-refractivity contribution in [2.45, 2.75) is 123 Å². The minimum Gasteiger partial charge on any atom is -0.453 e. The highest BCUT2D eigenvalue weighted by Gasteiger charge is 2.42. The van der Waals surface area contributed by atoms with E-state index in [9.17, 15) is 24.0 Å². The van der Waals surface area contributed by atoms with Gasteiger partial charge >= 0.3 is 12.2 Å². The second-order valence-corrected chi connectivity index (χ2v) is 20.2. The standard InChI is InChI=1S/C54H64N8O7/c1-31(2)45(58-52(66)68-5)50(64)61-25-11-7-13-43(61)47-55-30-42(57-47)34-17-15-33(16-18-34)36-20-21-37(40-29-54(28-39(36)40)23-9-10-24-54)35-19-22-41-38(27-35)49(63)60-48(56-41)44-14-8-12-26-62(44)51(65)46(32(3)4)59-53(67)69-6/h15-22,27,30-32,43-44,46H,7-14,23-26,28-29H2,1-6H3,(H,55,57)(H,59,67)(H,56,60,63)/b58-45+/t43-,44-,46-/m0/s1. The van der Waals surface area contributed by atoms with Crippen LogP contribution in [0.2, 0.25) is 0 Å². The van der Waals surface area contributed by atoms with Crippen LogP contribution in [0.1, 0.15) is 127 Å². The van der Waals surface area contributed by atoms with E-state index in [1.54, 1.807) is 9.80 Å². The number of benzene rings is 3. The predicted molar refractivity (Wildman–Crippen MR) is 265 cm³/mol. The molecule has 3 N–H and O–H groups in total. The third-order valence-corrected chi connectivity index (χ3v) is 15.1. The molecule has 1 saturated carbocycles. The molecule has 2 saturated heterocycles. The molecule has 0 radical (unpaired) electrons. The molecule has 362 valence electrons. The summed E-state index contributed by atoms with van der Waals surface area (Å²) in [6.45, 7) is 8.51. The number of ether oxygens (including phenoxy) is 2. The number of carbonyl (C=O) groups is 4. The van der Waals surface area contributed by atoms with Crippen molar-refractivity contribution in [1.29, 1.82) is 0 Å². The van der Waals surface area contributed by atoms with Crippen LogP contribution in [0.4, 0.5) is 9.59 Å². The lowest BCUT2D eigenvalue weighted by atomic mass is 9.82. The van der Waals surface area contributed by atoms with E-state index >= 15 is 0 Å². The fourth-order valence-corrected chi connectivity index (χ4v) is 11.4. The smallest absolute Gasteiger partial charge is 0.433 e. The number of amides is 4. The van der Waals surface area contributed by atoms with Gasteiger partial charge in [-0.05, 0) is 127 Å². The van der Waals surface area contributed by atoms with Gasteiger partial charge in [-0.1, -0.05) is 83.0 Å². The van der Waals surface area contributed by atoms with Gasteiger partial charge in [-0.3, -0.25) is 14.4 Å². The van der Waals surface area contributed by atoms with E-state index in [-0.39, 0.29) is 46.4 Å². The van der Waals surface area contributed by atoms with E-state index in [2.05, 4.69) is 62.7 Å². The summed E-state index contributed by atoms with van der Waals surface area (Å²) in [5.74, 6) is 0.236. The molecule has 15 nitrogen and oxygen atoms in total. The molecule has 4 amide bonds. The Labute approximate surface area is 402 Å². The first kappa shape index (κ1) is 47.4. The predicted octanol–water partition coefficient (Wildman–Crippen LogP) is 9.66. The first-order valence-electron chi connectivity index (χ1n) is 24.8. The summed E-state index contributed by atoms with van der Waals surface area (Å²) in [6.07, 6.45) is 12.2. The van der Waals surface area contributed by atoms with Crippen molar-refractivity contribution in [3.8, 4) is 33.5 Å². The van der Waals surface area contributed by atoms with Crippen molar-refractivity contribution in [2.24, 2.45) is 22.2 Å². The summed E-state index contributed by atoms with van der Waals surface area (Å²) in [5, 5.41) is 3.20. The molecule has 69 heavy (non-hydrogen) atoms. The number of likely N-dealkylation sites (tertiary alicyclic amines) is 2. The minimum atomic E-state index is -0.785. The number of H-pyrrole nitrogens is 2. The monoisotopic (exact) mass is 936 g/mol. The van der Waals surface area contributed by atoms with Crippen molar-refractivity contribution in [1.82, 2.24) is 35.1 Å². The zero-order valence-electron chi connectivity index (χ0n) is 40.7. The molecule has 4 heterocycles. The third kappa shape index (κ3) is 9.44. The van der Waals surface area contributed by atoms with Crippen molar-refractivity contribution < 1.29 is 28.7 Å². The number of nitrogens with one attached hydrogen (secondary N) is 3. The number of piperidine rings is 2. The molecular weight excluding hydrogens is 873 g/mol. The highest BCUT2D eigenvalue weighted by molar-refractivity contribution is 6.40. The van der Waals surface area contributed by atoms with Crippen LogP contribution in [0, 0.1) is 17.3 Å². The van der Waals surface area contributed by atoms with E-state index in [0.717, 1.165) is 72.9 Å². The van der Waals surface area contributed by atoms with Gasteiger partial charge in [0.1, 0.15) is 23.4 Å². The Morgan fingerprint density at radius 3 is 2.01 bits per heavy atom. The van der Waals surface area contributed by atoms with Gasteiger partial charge < -0.3 is 34.6 Å². The van der Waals surface area contributed by atoms with Gasteiger partial charge in [0.25, 0.3) is 11.5 Å². The maximum absolute atomic E-state index is 14.0. The molecule has 0 unspecified atom stereocenters. The number of fused-ring (bicyclic) bond motifs is 2. The van der Waals surface area contributed by atoms with Crippen LogP contribution in [0.3, 0.4) is 0 Å². The molecule has 0 bridgehead atoms. The zero-order chi connectivity index (χ0) is 48.6. The highest BCUT2D eigenvalue weighted by Crippen LogP contribution is 2.53. The number of carbonyl (C=O) groups excluding carboxylic acids is 4. The first-order valence-corrected chi connectivity index (χ1v) is 24.8. The Balaban J connectivity index is 0.986. The van der Waals surface area contributed by atoms with E-state index in [4.69, 9.17) is 19.4 Å². The molecule has 2 aliphatic heterocycles. The van der Waals surface area contributed by atoms with E-state index < -0.39 is 24.3 Å². The number of aromatic nitrogens is 4. The second-order valence-electron chi connectivity index (χ2n) is 20.2. The molecule has 2 aliphatic carbocycles. The zero-order valence-corrected chi connectivity index (χ0v) is 40.7. The van der Waals surface area contributed by atoms with Gasteiger partial charge in [0, 0.05) is 19.0 Å². The number of alkyl carbamates (subject to hydrolysis) is 1. The molecule has 9 rings (SSSR count). The lowest BCUT2D eigenvalue weighted by Crippen LogP contribution is -2.53. The summed E-state index contributed by atoms with van der Waals surface area (Å²) in [7, 11) is 2.53. The minimum absolute atomic E-state index is 0.175. The number of imidazole rings is 1. The summed E-state index contributed by atoms with van der Waals surface area (Å²) in [4.78, 5) is 89.9. The maximum Gasteiger partial charge on any atom is 0.433 e. The molecule has 5 aromatic rings. The fraction of sp³-hybridized carbons (Fsp3) is 0.481. The van der Waals surface area contributed by atoms with Crippen molar-refractivity contribution in [3.05, 3.63) is 93.9 Å². The van der Waals surface area contributed by atoms with Crippen LogP contribution in [-0.4, -0.2) is 92.8 Å². The van der Waals surface area contributed by atoms with Gasteiger partial charge in [0.2, 0.25) is 5.91 Å². The average Bonchev–Trinajstić information content (AvgIpc) is 4.14. The molecule has 4 aliphatic rings. The Kier molecular flexibility index (Phi) is 13.6. The summed E-state index contributed by atoms with van der Waals surface area (Å²) in [5.41, 5.74) is 9.76. The summed E-state index contributed by atoms with van der Waals surface area (Å²) in [6, 6.07) is 17.5. The molecule has 1 spiro atoms. The lowest BCUT2D eigenvalue weighted by molar-refractivity contribution is -0.138. The topological polar surface area (TPSA) is 192 Å². The van der Waals surface area contributed by atoms with Crippen molar-refractivity contribution in [2.75, 3.05) is 27.3 Å². The third-order valence-electron chi connectivity index (χ3n) is 15.1.